The molecule has 3 rings (SSSR count). The van der Waals surface area contributed by atoms with Crippen molar-refractivity contribution in [1.29, 1.82) is 0 Å². The molecular formula is C18H23N3O4S2. The molecule has 1 fully saturated rings. The van der Waals surface area contributed by atoms with Crippen molar-refractivity contribution in [2.75, 3.05) is 13.2 Å². The average molecular weight is 410 g/mol. The number of hydrogen-bond donors (Lipinski definition) is 1. The standard InChI is InChI=1S/C18H23N3O4S2/c1-3-25-15-6-8-16(9-7-15)27(23,24)21-10-4-5-17(21)18(22)19-11-14-12-26-13(2)20-14/h6-9,12,17H,3-5,10-11H2,1-2H3,(H,19,22). The number of benzene rings is 1. The molecule has 1 aliphatic rings. The summed E-state index contributed by atoms with van der Waals surface area (Å²) in [5, 5.41) is 5.63. The smallest absolute Gasteiger partial charge is 0.243 e. The molecule has 7 nitrogen and oxygen atoms in total. The van der Waals surface area contributed by atoms with Crippen molar-refractivity contribution < 1.29 is 17.9 Å². The summed E-state index contributed by atoms with van der Waals surface area (Å²) < 4.78 is 32.6. The van der Waals surface area contributed by atoms with Crippen LogP contribution in [0, 0.1) is 6.92 Å². The van der Waals surface area contributed by atoms with Gasteiger partial charge in [-0.2, -0.15) is 4.31 Å². The van der Waals surface area contributed by atoms with Crippen LogP contribution in [0.25, 0.3) is 0 Å². The minimum atomic E-state index is -3.74. The van der Waals surface area contributed by atoms with Gasteiger partial charge in [-0.05, 0) is 51.0 Å². The van der Waals surface area contributed by atoms with Gasteiger partial charge >= 0.3 is 0 Å². The minimum absolute atomic E-state index is 0.167. The number of nitrogens with zero attached hydrogens (tertiary/aromatic N) is 2. The molecule has 0 spiro atoms. The number of sulfonamides is 1. The fraction of sp³-hybridized carbons (Fsp3) is 0.444. The minimum Gasteiger partial charge on any atom is -0.494 e. The van der Waals surface area contributed by atoms with Gasteiger partial charge in [0.05, 0.1) is 28.7 Å². The molecule has 2 aromatic rings. The summed E-state index contributed by atoms with van der Waals surface area (Å²) in [6, 6.07) is 5.61. The summed E-state index contributed by atoms with van der Waals surface area (Å²) in [7, 11) is -3.74. The molecule has 1 aliphatic heterocycles. The highest BCUT2D eigenvalue weighted by atomic mass is 32.2. The van der Waals surface area contributed by atoms with Crippen LogP contribution in [0.1, 0.15) is 30.5 Å². The lowest BCUT2D eigenvalue weighted by atomic mass is 10.2. The number of hydrogen-bond acceptors (Lipinski definition) is 6. The number of nitrogens with one attached hydrogen (secondary N) is 1. The largest absolute Gasteiger partial charge is 0.494 e. The van der Waals surface area contributed by atoms with Crippen LogP contribution in [0.3, 0.4) is 0 Å². The third kappa shape index (κ3) is 4.48. The SMILES string of the molecule is CCOc1ccc(S(=O)(=O)N2CCCC2C(=O)NCc2csc(C)n2)cc1. The molecule has 1 amide bonds. The zero-order chi connectivity index (χ0) is 19.4. The molecule has 0 saturated carbocycles. The highest BCUT2D eigenvalue weighted by molar-refractivity contribution is 7.89. The van der Waals surface area contributed by atoms with Gasteiger partial charge in [-0.1, -0.05) is 0 Å². The van der Waals surface area contributed by atoms with E-state index in [0.29, 0.717) is 38.3 Å². The predicted molar refractivity (Wildman–Crippen MR) is 103 cm³/mol. The normalized spacial score (nSPS) is 17.8. The molecule has 1 unspecified atom stereocenters. The first kappa shape index (κ1) is 19.8. The van der Waals surface area contributed by atoms with E-state index in [-0.39, 0.29) is 10.8 Å². The van der Waals surface area contributed by atoms with Crippen molar-refractivity contribution in [1.82, 2.24) is 14.6 Å². The van der Waals surface area contributed by atoms with Gasteiger partial charge < -0.3 is 10.1 Å². The topological polar surface area (TPSA) is 88.6 Å². The third-order valence-electron chi connectivity index (χ3n) is 4.36. The van der Waals surface area contributed by atoms with Gasteiger partial charge in [0.2, 0.25) is 15.9 Å². The summed E-state index contributed by atoms with van der Waals surface area (Å²) in [6.07, 6.45) is 1.17. The van der Waals surface area contributed by atoms with Crippen molar-refractivity contribution in [2.24, 2.45) is 0 Å². The number of carbonyl (C=O) groups is 1. The van der Waals surface area contributed by atoms with Crippen molar-refractivity contribution in [3.63, 3.8) is 0 Å². The van der Waals surface area contributed by atoms with E-state index in [9.17, 15) is 13.2 Å². The highest BCUT2D eigenvalue weighted by Crippen LogP contribution is 2.27. The van der Waals surface area contributed by atoms with Crippen LogP contribution < -0.4 is 10.1 Å². The second-order valence-electron chi connectivity index (χ2n) is 6.25. The molecule has 27 heavy (non-hydrogen) atoms. The Bertz CT molecular complexity index is 894. The fourth-order valence-electron chi connectivity index (χ4n) is 3.08. The van der Waals surface area contributed by atoms with E-state index >= 15 is 0 Å². The second-order valence-corrected chi connectivity index (χ2v) is 9.21. The van der Waals surface area contributed by atoms with Gasteiger partial charge in [-0.25, -0.2) is 13.4 Å². The number of rotatable bonds is 7. The fourth-order valence-corrected chi connectivity index (χ4v) is 5.35. The van der Waals surface area contributed by atoms with Gasteiger partial charge in [0.1, 0.15) is 11.8 Å². The Hall–Kier alpha value is -1.97. The van der Waals surface area contributed by atoms with Gasteiger partial charge in [0.15, 0.2) is 0 Å². The Morgan fingerprint density at radius 2 is 2.11 bits per heavy atom. The van der Waals surface area contributed by atoms with Gasteiger partial charge in [0, 0.05) is 11.9 Å². The van der Waals surface area contributed by atoms with Crippen LogP contribution in [-0.4, -0.2) is 42.8 Å². The number of aryl methyl sites for hydroxylation is 1. The lowest BCUT2D eigenvalue weighted by Crippen LogP contribution is -2.45. The summed E-state index contributed by atoms with van der Waals surface area (Å²) in [5.41, 5.74) is 0.782. The summed E-state index contributed by atoms with van der Waals surface area (Å²) >= 11 is 1.52. The molecule has 0 aliphatic carbocycles. The first-order valence-electron chi connectivity index (χ1n) is 8.85. The number of thiazole rings is 1. The highest BCUT2D eigenvalue weighted by Gasteiger charge is 2.39. The average Bonchev–Trinajstić information content (AvgIpc) is 3.30. The van der Waals surface area contributed by atoms with Gasteiger partial charge in [-0.3, -0.25) is 4.79 Å². The number of amides is 1. The molecule has 1 saturated heterocycles. The first-order chi connectivity index (χ1) is 12.9. The van der Waals surface area contributed by atoms with E-state index in [1.54, 1.807) is 12.1 Å². The van der Waals surface area contributed by atoms with Crippen LogP contribution in [0.5, 0.6) is 5.75 Å². The maximum atomic E-state index is 13.0. The van der Waals surface area contributed by atoms with Crippen molar-refractivity contribution in [2.45, 2.75) is 44.2 Å². The van der Waals surface area contributed by atoms with Crippen molar-refractivity contribution >= 4 is 27.3 Å². The summed E-state index contributed by atoms with van der Waals surface area (Å²) in [6.45, 7) is 4.92. The molecule has 1 N–H and O–H groups in total. The van der Waals surface area contributed by atoms with E-state index in [4.69, 9.17) is 4.74 Å². The monoisotopic (exact) mass is 409 g/mol. The lowest BCUT2D eigenvalue weighted by Gasteiger charge is -2.23. The Morgan fingerprint density at radius 3 is 2.74 bits per heavy atom. The summed E-state index contributed by atoms with van der Waals surface area (Å²) in [4.78, 5) is 17.1. The van der Waals surface area contributed by atoms with E-state index in [0.717, 1.165) is 10.7 Å². The van der Waals surface area contributed by atoms with Crippen molar-refractivity contribution in [3.8, 4) is 5.75 Å². The molecule has 2 heterocycles. The van der Waals surface area contributed by atoms with Gasteiger partial charge in [0.25, 0.3) is 0 Å². The predicted octanol–water partition coefficient (Wildman–Crippen LogP) is 2.32. The molecule has 1 aromatic heterocycles. The van der Waals surface area contributed by atoms with E-state index in [1.807, 2.05) is 19.2 Å². The summed E-state index contributed by atoms with van der Waals surface area (Å²) in [5.74, 6) is 0.332. The maximum absolute atomic E-state index is 13.0. The van der Waals surface area contributed by atoms with Crippen LogP contribution in [0.15, 0.2) is 34.5 Å². The van der Waals surface area contributed by atoms with Crippen LogP contribution in [0.2, 0.25) is 0 Å². The maximum Gasteiger partial charge on any atom is 0.243 e. The Morgan fingerprint density at radius 1 is 1.37 bits per heavy atom. The molecule has 1 atom stereocenters. The second kappa shape index (κ2) is 8.37. The molecule has 0 radical (unpaired) electrons. The first-order valence-corrected chi connectivity index (χ1v) is 11.2. The zero-order valence-corrected chi connectivity index (χ0v) is 17.0. The third-order valence-corrected chi connectivity index (χ3v) is 7.10. The molecular weight excluding hydrogens is 386 g/mol. The van der Waals surface area contributed by atoms with E-state index in [1.165, 1.54) is 27.8 Å². The lowest BCUT2D eigenvalue weighted by molar-refractivity contribution is -0.124. The van der Waals surface area contributed by atoms with Crippen molar-refractivity contribution in [3.05, 3.63) is 40.3 Å². The molecule has 0 bridgehead atoms. The Labute approximate surface area is 163 Å². The Kier molecular flexibility index (Phi) is 6.13. The van der Waals surface area contributed by atoms with E-state index in [2.05, 4.69) is 10.3 Å². The molecule has 9 heteroatoms. The van der Waals surface area contributed by atoms with Crippen LogP contribution >= 0.6 is 11.3 Å². The van der Waals surface area contributed by atoms with E-state index < -0.39 is 16.1 Å². The molecule has 146 valence electrons. The Balaban J connectivity index is 1.71. The van der Waals surface area contributed by atoms with Gasteiger partial charge in [-0.15, -0.1) is 11.3 Å². The number of ether oxygens (including phenoxy) is 1. The zero-order valence-electron chi connectivity index (χ0n) is 15.3. The number of aromatic nitrogens is 1. The quantitative estimate of drug-likeness (QED) is 0.758. The van der Waals surface area contributed by atoms with Crippen LogP contribution in [0.4, 0.5) is 0 Å². The molecule has 1 aromatic carbocycles. The number of carbonyl (C=O) groups excluding carboxylic acids is 1. The van der Waals surface area contributed by atoms with Crippen LogP contribution in [-0.2, 0) is 21.4 Å².